The third-order valence-corrected chi connectivity index (χ3v) is 2.60. The fourth-order valence-corrected chi connectivity index (χ4v) is 1.65. The quantitative estimate of drug-likeness (QED) is 0.587. The summed E-state index contributed by atoms with van der Waals surface area (Å²) < 4.78 is 4.58. The van der Waals surface area contributed by atoms with Crippen molar-refractivity contribution in [3.05, 3.63) is 0 Å². The number of ether oxygens (including phenoxy) is 1. The van der Waals surface area contributed by atoms with Crippen molar-refractivity contribution in [1.82, 2.24) is 4.90 Å². The van der Waals surface area contributed by atoms with Crippen molar-refractivity contribution in [3.63, 3.8) is 0 Å². The smallest absolute Gasteiger partial charge is 0.337 e. The van der Waals surface area contributed by atoms with Gasteiger partial charge in [0.1, 0.15) is 0 Å². The van der Waals surface area contributed by atoms with Gasteiger partial charge in [0.25, 0.3) is 0 Å². The van der Waals surface area contributed by atoms with E-state index in [1.165, 1.54) is 7.11 Å². The summed E-state index contributed by atoms with van der Waals surface area (Å²) in [5.41, 5.74) is -1.25. The number of carbonyl (C=O) groups is 1. The lowest BCUT2D eigenvalue weighted by Crippen LogP contribution is -2.40. The van der Waals surface area contributed by atoms with Gasteiger partial charge in [0.15, 0.2) is 5.60 Å². The van der Waals surface area contributed by atoms with Crippen molar-refractivity contribution in [3.8, 4) is 0 Å². The van der Waals surface area contributed by atoms with Crippen LogP contribution < -0.4 is 0 Å². The maximum atomic E-state index is 11.3. The topological polar surface area (TPSA) is 49.8 Å². The van der Waals surface area contributed by atoms with Crippen LogP contribution in [0, 0.1) is 0 Å². The molecule has 1 rings (SSSR count). The average molecular weight is 187 g/mol. The first-order valence-electron chi connectivity index (χ1n) is 4.58. The molecule has 4 nitrogen and oxygen atoms in total. The highest BCUT2D eigenvalue weighted by Crippen LogP contribution is 2.22. The second-order valence-electron chi connectivity index (χ2n) is 3.68. The Morgan fingerprint density at radius 3 is 2.77 bits per heavy atom. The Morgan fingerprint density at radius 1 is 1.46 bits per heavy atom. The summed E-state index contributed by atoms with van der Waals surface area (Å²) >= 11 is 0. The normalized spacial score (nSPS) is 31.0. The molecule has 13 heavy (non-hydrogen) atoms. The molecule has 1 atom stereocenters. The highest BCUT2D eigenvalue weighted by Gasteiger charge is 2.37. The molecule has 1 heterocycles. The van der Waals surface area contributed by atoms with E-state index in [9.17, 15) is 9.90 Å². The molecule has 76 valence electrons. The van der Waals surface area contributed by atoms with E-state index >= 15 is 0 Å². The van der Waals surface area contributed by atoms with Crippen LogP contribution in [0.5, 0.6) is 0 Å². The van der Waals surface area contributed by atoms with Gasteiger partial charge in [-0.1, -0.05) is 0 Å². The second-order valence-corrected chi connectivity index (χ2v) is 3.68. The molecule has 1 saturated heterocycles. The predicted molar refractivity (Wildman–Crippen MR) is 48.3 cm³/mol. The number of likely N-dealkylation sites (tertiary alicyclic amines) is 1. The number of aliphatic hydroxyl groups is 1. The summed E-state index contributed by atoms with van der Waals surface area (Å²) in [5.74, 6) is -0.497. The second kappa shape index (κ2) is 4.07. The molecule has 1 aliphatic heterocycles. The minimum absolute atomic E-state index is 0.468. The maximum Gasteiger partial charge on any atom is 0.337 e. The number of methoxy groups -OCH3 is 1. The van der Waals surface area contributed by atoms with E-state index in [1.807, 2.05) is 7.05 Å². The Bertz CT molecular complexity index is 195. The van der Waals surface area contributed by atoms with Gasteiger partial charge in [-0.2, -0.15) is 0 Å². The van der Waals surface area contributed by atoms with Gasteiger partial charge in [0.05, 0.1) is 7.11 Å². The highest BCUT2D eigenvalue weighted by atomic mass is 16.5. The molecule has 4 heteroatoms. The van der Waals surface area contributed by atoms with Crippen molar-refractivity contribution in [2.75, 3.05) is 27.2 Å². The molecule has 0 amide bonds. The molecule has 0 spiro atoms. The van der Waals surface area contributed by atoms with E-state index in [2.05, 4.69) is 9.64 Å². The van der Waals surface area contributed by atoms with Gasteiger partial charge >= 0.3 is 5.97 Å². The van der Waals surface area contributed by atoms with Gasteiger partial charge in [-0.25, -0.2) is 4.79 Å². The predicted octanol–water partition coefficient (Wildman–Crippen LogP) is 0.00620. The van der Waals surface area contributed by atoms with Crippen LogP contribution in [0.3, 0.4) is 0 Å². The molecule has 1 fully saturated rings. The first-order valence-corrected chi connectivity index (χ1v) is 4.58. The third-order valence-electron chi connectivity index (χ3n) is 2.60. The summed E-state index contributed by atoms with van der Waals surface area (Å²) in [6.07, 6.45) is 1.81. The minimum atomic E-state index is -1.25. The van der Waals surface area contributed by atoms with Gasteiger partial charge < -0.3 is 14.7 Å². The Hall–Kier alpha value is -0.610. The molecule has 0 aliphatic carbocycles. The SMILES string of the molecule is COC(=O)C1(O)CCCN(C)CC1. The van der Waals surface area contributed by atoms with Crippen molar-refractivity contribution >= 4 is 5.97 Å². The molecule has 0 saturated carbocycles. The third kappa shape index (κ3) is 2.42. The van der Waals surface area contributed by atoms with Gasteiger partial charge in [0, 0.05) is 6.54 Å². The lowest BCUT2D eigenvalue weighted by atomic mass is 9.95. The van der Waals surface area contributed by atoms with Gasteiger partial charge in [-0.3, -0.25) is 0 Å². The Kier molecular flexibility index (Phi) is 3.27. The maximum absolute atomic E-state index is 11.3. The summed E-state index contributed by atoms with van der Waals surface area (Å²) in [6.45, 7) is 1.67. The van der Waals surface area contributed by atoms with Gasteiger partial charge in [-0.15, -0.1) is 0 Å². The van der Waals surface area contributed by atoms with Gasteiger partial charge in [0.2, 0.25) is 0 Å². The van der Waals surface area contributed by atoms with Crippen LogP contribution in [0.4, 0.5) is 0 Å². The summed E-state index contributed by atoms with van der Waals surface area (Å²) in [5, 5.41) is 9.94. The molecular weight excluding hydrogens is 170 g/mol. The van der Waals surface area contributed by atoms with Crippen molar-refractivity contribution in [2.24, 2.45) is 0 Å². The van der Waals surface area contributed by atoms with Crippen molar-refractivity contribution in [1.29, 1.82) is 0 Å². The monoisotopic (exact) mass is 187 g/mol. The van der Waals surface area contributed by atoms with E-state index in [1.54, 1.807) is 0 Å². The lowest BCUT2D eigenvalue weighted by Gasteiger charge is -2.22. The number of hydrogen-bond acceptors (Lipinski definition) is 4. The number of rotatable bonds is 1. The molecule has 0 aromatic carbocycles. The highest BCUT2D eigenvalue weighted by molar-refractivity contribution is 5.79. The van der Waals surface area contributed by atoms with Gasteiger partial charge in [-0.05, 0) is 32.9 Å². The zero-order chi connectivity index (χ0) is 9.90. The first-order chi connectivity index (χ1) is 6.08. The van der Waals surface area contributed by atoms with E-state index in [0.29, 0.717) is 12.8 Å². The van der Waals surface area contributed by atoms with E-state index in [0.717, 1.165) is 19.5 Å². The van der Waals surface area contributed by atoms with Crippen molar-refractivity contribution in [2.45, 2.75) is 24.9 Å². The largest absolute Gasteiger partial charge is 0.467 e. The molecule has 1 N–H and O–H groups in total. The zero-order valence-corrected chi connectivity index (χ0v) is 8.25. The van der Waals surface area contributed by atoms with Crippen LogP contribution in [0.15, 0.2) is 0 Å². The fourth-order valence-electron chi connectivity index (χ4n) is 1.65. The van der Waals surface area contributed by atoms with Crippen LogP contribution in [0.1, 0.15) is 19.3 Å². The van der Waals surface area contributed by atoms with Crippen LogP contribution in [-0.4, -0.2) is 48.8 Å². The summed E-state index contributed by atoms with van der Waals surface area (Å²) in [6, 6.07) is 0. The summed E-state index contributed by atoms with van der Waals surface area (Å²) in [4.78, 5) is 13.4. The number of carbonyl (C=O) groups excluding carboxylic acids is 1. The summed E-state index contributed by atoms with van der Waals surface area (Å²) in [7, 11) is 3.30. The zero-order valence-electron chi connectivity index (χ0n) is 8.25. The molecule has 1 unspecified atom stereocenters. The molecule has 0 bridgehead atoms. The van der Waals surface area contributed by atoms with Crippen LogP contribution in [-0.2, 0) is 9.53 Å². The van der Waals surface area contributed by atoms with Crippen LogP contribution >= 0.6 is 0 Å². The molecular formula is C9H17NO3. The standard InChI is InChI=1S/C9H17NO3/c1-10-6-3-4-9(12,5-7-10)8(11)13-2/h12H,3-7H2,1-2H3. The van der Waals surface area contributed by atoms with Crippen LogP contribution in [0.2, 0.25) is 0 Å². The van der Waals surface area contributed by atoms with Crippen molar-refractivity contribution < 1.29 is 14.6 Å². The Morgan fingerprint density at radius 2 is 2.15 bits per heavy atom. The molecule has 0 radical (unpaired) electrons. The number of esters is 1. The lowest BCUT2D eigenvalue weighted by molar-refractivity contribution is -0.163. The van der Waals surface area contributed by atoms with E-state index < -0.39 is 11.6 Å². The van der Waals surface area contributed by atoms with E-state index in [-0.39, 0.29) is 0 Å². The Balaban J connectivity index is 2.62. The first kappa shape index (κ1) is 10.5. The average Bonchev–Trinajstić information content (AvgIpc) is 2.28. The number of nitrogens with zero attached hydrogens (tertiary/aromatic N) is 1. The molecule has 0 aromatic rings. The fraction of sp³-hybridized carbons (Fsp3) is 0.889. The molecule has 0 aromatic heterocycles. The molecule has 1 aliphatic rings. The van der Waals surface area contributed by atoms with E-state index in [4.69, 9.17) is 0 Å². The van der Waals surface area contributed by atoms with Crippen LogP contribution in [0.25, 0.3) is 0 Å². The minimum Gasteiger partial charge on any atom is -0.467 e. The Labute approximate surface area is 78.5 Å². The number of hydrogen-bond donors (Lipinski definition) is 1.